The van der Waals surface area contributed by atoms with Gasteiger partial charge in [0.15, 0.2) is 0 Å². The van der Waals surface area contributed by atoms with Crippen LogP contribution in [0.25, 0.3) is 0 Å². The number of carbonyl (C=O) groups is 1. The summed E-state index contributed by atoms with van der Waals surface area (Å²) in [5.74, 6) is -0.533. The number of benzene rings is 2. The highest BCUT2D eigenvalue weighted by molar-refractivity contribution is 6.31. The molecule has 0 atom stereocenters. The smallest absolute Gasteiger partial charge is 0.337 e. The molecule has 5 nitrogen and oxygen atoms in total. The third-order valence-electron chi connectivity index (χ3n) is 2.75. The third kappa shape index (κ3) is 2.78. The van der Waals surface area contributed by atoms with E-state index in [0.717, 1.165) is 0 Å². The normalized spacial score (nSPS) is 10.1. The van der Waals surface area contributed by atoms with Crippen LogP contribution in [0.5, 0.6) is 5.75 Å². The van der Waals surface area contributed by atoms with Crippen LogP contribution in [0.4, 0.5) is 17.1 Å². The summed E-state index contributed by atoms with van der Waals surface area (Å²) in [5, 5.41) is 12.7. The van der Waals surface area contributed by atoms with Gasteiger partial charge < -0.3 is 20.9 Å². The number of carboxylic acids is 1. The molecule has 0 heterocycles. The van der Waals surface area contributed by atoms with E-state index in [0.29, 0.717) is 27.8 Å². The molecule has 0 amide bonds. The highest BCUT2D eigenvalue weighted by Crippen LogP contribution is 2.34. The Hall–Kier alpha value is -2.40. The Morgan fingerprint density at radius 1 is 1.35 bits per heavy atom. The van der Waals surface area contributed by atoms with Gasteiger partial charge in [-0.3, -0.25) is 0 Å². The van der Waals surface area contributed by atoms with Crippen molar-refractivity contribution in [1.82, 2.24) is 0 Å². The predicted molar refractivity (Wildman–Crippen MR) is 79.1 cm³/mol. The van der Waals surface area contributed by atoms with E-state index in [1.54, 1.807) is 30.3 Å². The number of nitrogen functional groups attached to an aromatic ring is 1. The summed E-state index contributed by atoms with van der Waals surface area (Å²) >= 11 is 5.94. The van der Waals surface area contributed by atoms with Crippen molar-refractivity contribution in [3.8, 4) is 5.75 Å². The third-order valence-corrected chi connectivity index (χ3v) is 2.98. The summed E-state index contributed by atoms with van der Waals surface area (Å²) in [6.07, 6.45) is 0. The fraction of sp³-hybridized carbons (Fsp3) is 0.0714. The molecule has 6 heteroatoms. The zero-order valence-electron chi connectivity index (χ0n) is 10.7. The molecule has 4 N–H and O–H groups in total. The van der Waals surface area contributed by atoms with Crippen LogP contribution >= 0.6 is 11.6 Å². The van der Waals surface area contributed by atoms with Crippen LogP contribution in [-0.4, -0.2) is 18.2 Å². The number of methoxy groups -OCH3 is 1. The number of aromatic carboxylic acids is 1. The fourth-order valence-electron chi connectivity index (χ4n) is 1.80. The van der Waals surface area contributed by atoms with Crippen LogP contribution in [0.15, 0.2) is 36.4 Å². The first-order valence-electron chi connectivity index (χ1n) is 5.75. The van der Waals surface area contributed by atoms with Crippen molar-refractivity contribution in [3.05, 3.63) is 47.0 Å². The first kappa shape index (κ1) is 14.0. The molecule has 0 radical (unpaired) electrons. The Morgan fingerprint density at radius 3 is 2.75 bits per heavy atom. The van der Waals surface area contributed by atoms with Gasteiger partial charge in [0.2, 0.25) is 0 Å². The minimum absolute atomic E-state index is 0.0760. The molecule has 0 bridgehead atoms. The number of hydrogen-bond acceptors (Lipinski definition) is 4. The zero-order chi connectivity index (χ0) is 14.7. The number of para-hydroxylation sites is 1. The zero-order valence-corrected chi connectivity index (χ0v) is 11.4. The second-order valence-electron chi connectivity index (χ2n) is 4.04. The molecule has 0 unspecified atom stereocenters. The molecule has 0 aliphatic rings. The van der Waals surface area contributed by atoms with Crippen molar-refractivity contribution < 1.29 is 14.6 Å². The lowest BCUT2D eigenvalue weighted by Gasteiger charge is -2.15. The highest BCUT2D eigenvalue weighted by Gasteiger charge is 2.14. The molecular weight excluding hydrogens is 280 g/mol. The largest absolute Gasteiger partial charge is 0.495 e. The Balaban J connectivity index is 2.50. The molecule has 2 aromatic carbocycles. The lowest BCUT2D eigenvalue weighted by Crippen LogP contribution is -2.06. The Labute approximate surface area is 120 Å². The maximum Gasteiger partial charge on any atom is 0.337 e. The lowest BCUT2D eigenvalue weighted by molar-refractivity contribution is 0.0698. The molecule has 2 rings (SSSR count). The van der Waals surface area contributed by atoms with E-state index in [9.17, 15) is 9.90 Å². The van der Waals surface area contributed by atoms with E-state index < -0.39 is 5.97 Å². The van der Waals surface area contributed by atoms with Gasteiger partial charge in [-0.2, -0.15) is 0 Å². The van der Waals surface area contributed by atoms with Gasteiger partial charge in [0.1, 0.15) is 5.75 Å². The first-order valence-corrected chi connectivity index (χ1v) is 6.13. The molecule has 0 aliphatic carbocycles. The number of hydrogen-bond donors (Lipinski definition) is 3. The summed E-state index contributed by atoms with van der Waals surface area (Å²) < 4.78 is 5.20. The van der Waals surface area contributed by atoms with Gasteiger partial charge in [0.05, 0.1) is 29.7 Å². The number of carboxylic acid groups (broad SMARTS) is 1. The average molecular weight is 293 g/mol. The van der Waals surface area contributed by atoms with E-state index in [1.807, 2.05) is 0 Å². The van der Waals surface area contributed by atoms with E-state index in [-0.39, 0.29) is 5.56 Å². The number of nitrogens with one attached hydrogen (secondary N) is 1. The number of anilines is 3. The van der Waals surface area contributed by atoms with E-state index in [4.69, 9.17) is 22.1 Å². The van der Waals surface area contributed by atoms with Crippen molar-refractivity contribution in [2.45, 2.75) is 0 Å². The van der Waals surface area contributed by atoms with Crippen molar-refractivity contribution in [3.63, 3.8) is 0 Å². The Kier molecular flexibility index (Phi) is 4.00. The van der Waals surface area contributed by atoms with Gasteiger partial charge in [0, 0.05) is 5.02 Å². The standard InChI is InChI=1S/C14H13ClN2O3/c1-20-12-6-5-8(15)7-11(12)17-13-9(14(18)19)3-2-4-10(13)16/h2-7,17H,16H2,1H3,(H,18,19). The first-order chi connectivity index (χ1) is 9.52. The van der Waals surface area contributed by atoms with Crippen molar-refractivity contribution in [2.24, 2.45) is 0 Å². The van der Waals surface area contributed by atoms with Crippen molar-refractivity contribution in [1.29, 1.82) is 0 Å². The van der Waals surface area contributed by atoms with Crippen LogP contribution < -0.4 is 15.8 Å². The Morgan fingerprint density at radius 2 is 2.10 bits per heavy atom. The van der Waals surface area contributed by atoms with Crippen LogP contribution in [0.1, 0.15) is 10.4 Å². The molecule has 2 aromatic rings. The molecule has 104 valence electrons. The highest BCUT2D eigenvalue weighted by atomic mass is 35.5. The fourth-order valence-corrected chi connectivity index (χ4v) is 1.97. The van der Waals surface area contributed by atoms with Crippen LogP contribution in [-0.2, 0) is 0 Å². The quantitative estimate of drug-likeness (QED) is 0.752. The summed E-state index contributed by atoms with van der Waals surface area (Å²) in [6, 6.07) is 9.67. The predicted octanol–water partition coefficient (Wildman–Crippen LogP) is 3.37. The topological polar surface area (TPSA) is 84.6 Å². The molecule has 20 heavy (non-hydrogen) atoms. The number of ether oxygens (including phenoxy) is 1. The second-order valence-corrected chi connectivity index (χ2v) is 4.48. The second kappa shape index (κ2) is 5.71. The van der Waals surface area contributed by atoms with Gasteiger partial charge in [-0.1, -0.05) is 17.7 Å². The summed E-state index contributed by atoms with van der Waals surface area (Å²) in [7, 11) is 1.51. The molecule has 0 aliphatic heterocycles. The molecule has 0 spiro atoms. The van der Waals surface area contributed by atoms with Crippen molar-refractivity contribution >= 4 is 34.6 Å². The number of nitrogens with two attached hydrogens (primary N) is 1. The molecule has 0 saturated heterocycles. The minimum atomic E-state index is -1.07. The maximum absolute atomic E-state index is 11.2. The molecular formula is C14H13ClN2O3. The minimum Gasteiger partial charge on any atom is -0.495 e. The maximum atomic E-state index is 11.2. The van der Waals surface area contributed by atoms with E-state index >= 15 is 0 Å². The summed E-state index contributed by atoms with van der Waals surface area (Å²) in [5.41, 5.74) is 7.09. The molecule has 0 saturated carbocycles. The van der Waals surface area contributed by atoms with Gasteiger partial charge in [-0.25, -0.2) is 4.79 Å². The van der Waals surface area contributed by atoms with Crippen LogP contribution in [0.3, 0.4) is 0 Å². The van der Waals surface area contributed by atoms with Crippen LogP contribution in [0, 0.1) is 0 Å². The Bertz CT molecular complexity index is 659. The molecule has 0 aromatic heterocycles. The average Bonchev–Trinajstić information content (AvgIpc) is 2.41. The van der Waals surface area contributed by atoms with Gasteiger partial charge in [-0.15, -0.1) is 0 Å². The number of rotatable bonds is 4. The lowest BCUT2D eigenvalue weighted by atomic mass is 10.1. The van der Waals surface area contributed by atoms with Gasteiger partial charge >= 0.3 is 5.97 Å². The summed E-state index contributed by atoms with van der Waals surface area (Å²) in [4.78, 5) is 11.2. The summed E-state index contributed by atoms with van der Waals surface area (Å²) in [6.45, 7) is 0. The van der Waals surface area contributed by atoms with E-state index in [1.165, 1.54) is 13.2 Å². The van der Waals surface area contributed by atoms with Crippen LogP contribution in [0.2, 0.25) is 5.02 Å². The van der Waals surface area contributed by atoms with Gasteiger partial charge in [-0.05, 0) is 30.3 Å². The van der Waals surface area contributed by atoms with Gasteiger partial charge in [0.25, 0.3) is 0 Å². The van der Waals surface area contributed by atoms with E-state index in [2.05, 4.69) is 5.32 Å². The monoisotopic (exact) mass is 292 g/mol. The SMILES string of the molecule is COc1ccc(Cl)cc1Nc1c(N)cccc1C(=O)O. The number of halogens is 1. The van der Waals surface area contributed by atoms with Crippen molar-refractivity contribution in [2.75, 3.05) is 18.2 Å². The molecule has 0 fully saturated rings.